The zero-order valence-electron chi connectivity index (χ0n) is 20.1. The van der Waals surface area contributed by atoms with Gasteiger partial charge in [-0.2, -0.15) is 0 Å². The predicted molar refractivity (Wildman–Crippen MR) is 131 cm³/mol. The van der Waals surface area contributed by atoms with E-state index in [0.717, 1.165) is 37.9 Å². The van der Waals surface area contributed by atoms with E-state index in [4.69, 9.17) is 4.74 Å². The van der Waals surface area contributed by atoms with Crippen molar-refractivity contribution >= 4 is 11.8 Å². The van der Waals surface area contributed by atoms with Crippen LogP contribution >= 0.6 is 0 Å². The maximum Gasteiger partial charge on any atom is 0.254 e. The van der Waals surface area contributed by atoms with Gasteiger partial charge in [-0.05, 0) is 60.6 Å². The average Bonchev–Trinajstić information content (AvgIpc) is 3.12. The molecule has 184 valence electrons. The number of nitrogens with zero attached hydrogens (tertiary/aromatic N) is 3. The molecule has 35 heavy (non-hydrogen) atoms. The second-order valence-corrected chi connectivity index (χ2v) is 10.4. The highest BCUT2D eigenvalue weighted by Gasteiger charge is 2.41. The van der Waals surface area contributed by atoms with Crippen molar-refractivity contribution in [2.45, 2.75) is 50.4 Å². The van der Waals surface area contributed by atoms with E-state index in [9.17, 15) is 14.7 Å². The van der Waals surface area contributed by atoms with Gasteiger partial charge in [-0.3, -0.25) is 14.5 Å². The van der Waals surface area contributed by atoms with Crippen LogP contribution in [-0.2, 0) is 24.1 Å². The average molecular weight is 476 g/mol. The summed E-state index contributed by atoms with van der Waals surface area (Å²) in [6, 6.07) is 14.3. The Hall–Kier alpha value is -2.74. The highest BCUT2D eigenvalue weighted by molar-refractivity contribution is 6.00. The van der Waals surface area contributed by atoms with E-state index in [1.54, 1.807) is 17.0 Å². The molecule has 3 atom stereocenters. The number of hydrogen-bond acceptors (Lipinski definition) is 5. The molecule has 0 aromatic heterocycles. The second kappa shape index (κ2) is 9.37. The maximum atomic E-state index is 13.2. The number of aliphatic hydroxyl groups is 1. The minimum atomic E-state index is -0.594. The molecule has 2 amide bonds. The van der Waals surface area contributed by atoms with Crippen LogP contribution in [-0.4, -0.2) is 89.2 Å². The van der Waals surface area contributed by atoms with Crippen molar-refractivity contribution in [1.82, 2.24) is 14.7 Å². The molecule has 2 bridgehead atoms. The van der Waals surface area contributed by atoms with E-state index >= 15 is 0 Å². The molecule has 2 saturated heterocycles. The van der Waals surface area contributed by atoms with Crippen LogP contribution in [0.2, 0.25) is 0 Å². The lowest BCUT2D eigenvalue weighted by molar-refractivity contribution is -0.00717. The fourth-order valence-electron chi connectivity index (χ4n) is 6.27. The van der Waals surface area contributed by atoms with Crippen molar-refractivity contribution in [2.24, 2.45) is 0 Å². The van der Waals surface area contributed by atoms with E-state index in [0.29, 0.717) is 50.4 Å². The molecule has 4 aliphatic rings. The Labute approximate surface area is 206 Å². The molecule has 7 heteroatoms. The van der Waals surface area contributed by atoms with Gasteiger partial charge in [0.1, 0.15) is 0 Å². The first-order chi connectivity index (χ1) is 17.1. The van der Waals surface area contributed by atoms with Gasteiger partial charge in [-0.15, -0.1) is 0 Å². The third kappa shape index (κ3) is 4.37. The van der Waals surface area contributed by atoms with Gasteiger partial charge in [-0.25, -0.2) is 0 Å². The number of ether oxygens (including phenoxy) is 1. The predicted octanol–water partition coefficient (Wildman–Crippen LogP) is 2.11. The molecule has 1 N–H and O–H groups in total. The van der Waals surface area contributed by atoms with Gasteiger partial charge >= 0.3 is 0 Å². The second-order valence-electron chi connectivity index (χ2n) is 10.4. The van der Waals surface area contributed by atoms with E-state index < -0.39 is 6.10 Å². The third-order valence-corrected chi connectivity index (χ3v) is 8.11. The molecule has 2 aromatic rings. The molecule has 3 unspecified atom stereocenters. The summed E-state index contributed by atoms with van der Waals surface area (Å²) in [5.74, 6) is -0.00302. The normalized spacial score (nSPS) is 24.8. The first-order valence-electron chi connectivity index (χ1n) is 12.9. The summed E-state index contributed by atoms with van der Waals surface area (Å²) in [6.07, 6.45) is 3.10. The summed E-state index contributed by atoms with van der Waals surface area (Å²) in [4.78, 5) is 32.5. The van der Waals surface area contributed by atoms with Gasteiger partial charge in [0, 0.05) is 43.9 Å². The number of carbonyl (C=O) groups excluding carboxylic acids is 2. The summed E-state index contributed by atoms with van der Waals surface area (Å²) in [5, 5.41) is 10.8. The highest BCUT2D eigenvalue weighted by atomic mass is 16.5. The molecule has 2 aromatic carbocycles. The van der Waals surface area contributed by atoms with Gasteiger partial charge in [0.15, 0.2) is 0 Å². The van der Waals surface area contributed by atoms with Crippen LogP contribution in [0, 0.1) is 0 Å². The summed E-state index contributed by atoms with van der Waals surface area (Å²) in [7, 11) is 0. The van der Waals surface area contributed by atoms with E-state index in [2.05, 4.69) is 29.2 Å². The molecule has 4 heterocycles. The van der Waals surface area contributed by atoms with Crippen molar-refractivity contribution in [2.75, 3.05) is 39.4 Å². The van der Waals surface area contributed by atoms with Gasteiger partial charge < -0.3 is 19.6 Å². The monoisotopic (exact) mass is 475 g/mol. The Morgan fingerprint density at radius 3 is 2.51 bits per heavy atom. The topological polar surface area (TPSA) is 73.3 Å². The third-order valence-electron chi connectivity index (χ3n) is 8.11. The van der Waals surface area contributed by atoms with Crippen molar-refractivity contribution in [3.05, 3.63) is 70.3 Å². The summed E-state index contributed by atoms with van der Waals surface area (Å²) in [6.45, 7) is 4.44. The summed E-state index contributed by atoms with van der Waals surface area (Å²) < 4.78 is 5.62. The number of fused-ring (bicyclic) bond motifs is 4. The van der Waals surface area contributed by atoms with Gasteiger partial charge in [0.2, 0.25) is 0 Å². The molecule has 2 fully saturated rings. The first kappa shape index (κ1) is 22.7. The quantitative estimate of drug-likeness (QED) is 0.717. The maximum absolute atomic E-state index is 13.2. The van der Waals surface area contributed by atoms with E-state index in [1.165, 1.54) is 11.1 Å². The van der Waals surface area contributed by atoms with Crippen LogP contribution < -0.4 is 0 Å². The van der Waals surface area contributed by atoms with Crippen LogP contribution in [0.15, 0.2) is 42.5 Å². The van der Waals surface area contributed by atoms with Crippen molar-refractivity contribution < 1.29 is 19.4 Å². The van der Waals surface area contributed by atoms with Crippen molar-refractivity contribution in [1.29, 1.82) is 0 Å². The lowest BCUT2D eigenvalue weighted by Gasteiger charge is -2.35. The zero-order chi connectivity index (χ0) is 23.9. The van der Waals surface area contributed by atoms with Crippen LogP contribution in [0.4, 0.5) is 0 Å². The van der Waals surface area contributed by atoms with Crippen LogP contribution in [0.25, 0.3) is 0 Å². The van der Waals surface area contributed by atoms with Gasteiger partial charge in [0.05, 0.1) is 31.4 Å². The molecule has 6 rings (SSSR count). The number of morpholine rings is 1. The minimum absolute atomic E-state index is 0.0528. The number of amides is 2. The number of carbonyl (C=O) groups is 2. The standard InChI is InChI=1S/C28H33N3O4/c32-25(15-29-11-9-19-3-1-2-4-22(19)14-29)16-30-12-10-20-13-21(5-8-26(20)28(30)34)27(33)31-23-6-7-24(31)18-35-17-23/h1-5,8,13,23-25,32H,6-7,9-12,14-18H2. The Morgan fingerprint density at radius 1 is 0.971 bits per heavy atom. The lowest BCUT2D eigenvalue weighted by Crippen LogP contribution is -2.49. The molecule has 4 aliphatic heterocycles. The zero-order valence-corrected chi connectivity index (χ0v) is 20.1. The Kier molecular flexibility index (Phi) is 6.08. The van der Waals surface area contributed by atoms with E-state index in [-0.39, 0.29) is 23.9 Å². The van der Waals surface area contributed by atoms with Crippen LogP contribution in [0.1, 0.15) is 50.2 Å². The van der Waals surface area contributed by atoms with Crippen LogP contribution in [0.5, 0.6) is 0 Å². The fourth-order valence-corrected chi connectivity index (χ4v) is 6.27. The fraction of sp³-hybridized carbons (Fsp3) is 0.500. The molecule has 7 nitrogen and oxygen atoms in total. The molecular weight excluding hydrogens is 442 g/mol. The molecule has 0 spiro atoms. The number of rotatable bonds is 5. The first-order valence-corrected chi connectivity index (χ1v) is 12.9. The largest absolute Gasteiger partial charge is 0.390 e. The number of benzene rings is 2. The molecule has 0 saturated carbocycles. The van der Waals surface area contributed by atoms with Crippen LogP contribution in [0.3, 0.4) is 0 Å². The molecular formula is C28H33N3O4. The number of aliphatic hydroxyl groups excluding tert-OH is 1. The summed E-state index contributed by atoms with van der Waals surface area (Å²) >= 11 is 0. The number of hydrogen-bond donors (Lipinski definition) is 1. The Bertz CT molecular complexity index is 1120. The summed E-state index contributed by atoms with van der Waals surface area (Å²) in [5.41, 5.74) is 4.95. The molecule has 0 radical (unpaired) electrons. The van der Waals surface area contributed by atoms with E-state index in [1.807, 2.05) is 11.0 Å². The molecule has 0 aliphatic carbocycles. The SMILES string of the molecule is O=C1c2ccc(C(=O)N3C4CCC3COC4)cc2CCN1CC(O)CN1CCc2ccccc2C1. The Balaban J connectivity index is 1.09. The lowest BCUT2D eigenvalue weighted by atomic mass is 9.95. The highest BCUT2D eigenvalue weighted by Crippen LogP contribution is 2.31. The minimum Gasteiger partial charge on any atom is -0.390 e. The Morgan fingerprint density at radius 2 is 1.71 bits per heavy atom. The van der Waals surface area contributed by atoms with Gasteiger partial charge in [-0.1, -0.05) is 24.3 Å². The van der Waals surface area contributed by atoms with Crippen molar-refractivity contribution in [3.8, 4) is 0 Å². The smallest absolute Gasteiger partial charge is 0.254 e. The van der Waals surface area contributed by atoms with Crippen molar-refractivity contribution in [3.63, 3.8) is 0 Å². The van der Waals surface area contributed by atoms with Gasteiger partial charge in [0.25, 0.3) is 11.8 Å². The number of β-amino-alcohol motifs (C(OH)–C–C–N with tert-alkyl or cyclic N) is 1.